The molecule has 9 heteroatoms. The van der Waals surface area contributed by atoms with E-state index in [1.54, 1.807) is 6.20 Å². The normalized spacial score (nSPS) is 11.3. The van der Waals surface area contributed by atoms with Gasteiger partial charge in [0.25, 0.3) is 0 Å². The summed E-state index contributed by atoms with van der Waals surface area (Å²) in [5, 5.41) is 13.8. The Balaban J connectivity index is 1.76. The second-order valence-corrected chi connectivity index (χ2v) is 7.41. The van der Waals surface area contributed by atoms with E-state index in [0.717, 1.165) is 39.8 Å². The van der Waals surface area contributed by atoms with E-state index in [2.05, 4.69) is 19.9 Å². The molecule has 0 unspecified atom stereocenters. The van der Waals surface area contributed by atoms with Gasteiger partial charge in [-0.25, -0.2) is 9.97 Å². The lowest BCUT2D eigenvalue weighted by Gasteiger charge is -2.12. The van der Waals surface area contributed by atoms with Gasteiger partial charge in [-0.15, -0.1) is 0 Å². The quantitative estimate of drug-likeness (QED) is 0.388. The van der Waals surface area contributed by atoms with Gasteiger partial charge in [0.2, 0.25) is 0 Å². The third-order valence-corrected chi connectivity index (χ3v) is 5.29. The number of nitrogens with one attached hydrogen (secondary N) is 1. The van der Waals surface area contributed by atoms with Gasteiger partial charge in [0.1, 0.15) is 24.0 Å². The minimum atomic E-state index is -1.26. The summed E-state index contributed by atoms with van der Waals surface area (Å²) in [6.07, 6.45) is 3.72. The number of unbranched alkanes of at least 4 members (excludes halogenated alkanes) is 1. The number of carboxylic acid groups (broad SMARTS) is 1. The van der Waals surface area contributed by atoms with Crippen molar-refractivity contribution in [2.75, 3.05) is 18.9 Å². The fourth-order valence-electron chi connectivity index (χ4n) is 3.80. The molecule has 4 rings (SSSR count). The van der Waals surface area contributed by atoms with Crippen LogP contribution in [-0.4, -0.2) is 38.8 Å². The van der Waals surface area contributed by atoms with Gasteiger partial charge < -0.3 is 30.3 Å². The number of nitrogens with zero attached hydrogens (tertiary/aromatic N) is 4. The second-order valence-electron chi connectivity index (χ2n) is 7.41. The molecule has 4 aromatic rings. The Bertz CT molecular complexity index is 1240. The topological polar surface area (TPSA) is 131 Å². The Morgan fingerprint density at radius 3 is 2.84 bits per heavy atom. The van der Waals surface area contributed by atoms with E-state index < -0.39 is 6.09 Å². The number of benzene rings is 1. The van der Waals surface area contributed by atoms with Gasteiger partial charge in [-0.1, -0.05) is 18.2 Å². The summed E-state index contributed by atoms with van der Waals surface area (Å²) >= 11 is 0. The zero-order valence-corrected chi connectivity index (χ0v) is 17.9. The first-order valence-electron chi connectivity index (χ1n) is 10.6. The summed E-state index contributed by atoms with van der Waals surface area (Å²) < 4.78 is 7.73. The first-order chi connectivity index (χ1) is 15.6. The number of anilines is 1. The number of nitrogen functional groups attached to an aromatic ring is 1. The molecule has 0 aliphatic carbocycles. The number of nitrogens with two attached hydrogens (primary N) is 1. The Labute approximate surface area is 185 Å². The lowest BCUT2D eigenvalue weighted by atomic mass is 10.0. The molecule has 9 nitrogen and oxygen atoms in total. The zero-order chi connectivity index (χ0) is 22.5. The van der Waals surface area contributed by atoms with Crippen molar-refractivity contribution in [1.82, 2.24) is 24.8 Å². The molecule has 3 aromatic heterocycles. The van der Waals surface area contributed by atoms with Crippen LogP contribution in [0.3, 0.4) is 0 Å². The predicted molar refractivity (Wildman–Crippen MR) is 121 cm³/mol. The van der Waals surface area contributed by atoms with Crippen LogP contribution in [-0.2, 0) is 17.9 Å². The number of ether oxygens (including phenoxy) is 1. The highest BCUT2D eigenvalue weighted by molar-refractivity contribution is 6.07. The van der Waals surface area contributed by atoms with Gasteiger partial charge >= 0.3 is 0 Å². The van der Waals surface area contributed by atoms with Crippen molar-refractivity contribution >= 4 is 33.8 Å². The minimum absolute atomic E-state index is 0.342. The molecule has 0 spiro atoms. The van der Waals surface area contributed by atoms with Crippen LogP contribution < -0.4 is 16.2 Å². The SMILES string of the molecule is CCOCc1nc2c(N)nc3cc(-c4cccnc4)ccc3c2n1CCCCNC(=O)[O-]. The van der Waals surface area contributed by atoms with Crippen LogP contribution >= 0.6 is 0 Å². The monoisotopic (exact) mass is 433 g/mol. The summed E-state index contributed by atoms with van der Waals surface area (Å²) in [4.78, 5) is 24.1. The van der Waals surface area contributed by atoms with E-state index in [0.29, 0.717) is 44.1 Å². The van der Waals surface area contributed by atoms with E-state index in [4.69, 9.17) is 15.5 Å². The number of imidazole rings is 1. The number of hydrogen-bond donors (Lipinski definition) is 2. The highest BCUT2D eigenvalue weighted by atomic mass is 16.5. The molecule has 0 aliphatic heterocycles. The van der Waals surface area contributed by atoms with Gasteiger partial charge in [0.15, 0.2) is 5.82 Å². The zero-order valence-electron chi connectivity index (χ0n) is 17.9. The molecule has 1 amide bonds. The number of aromatic nitrogens is 4. The van der Waals surface area contributed by atoms with Crippen molar-refractivity contribution in [3.63, 3.8) is 0 Å². The number of carbonyl (C=O) groups excluding carboxylic acids is 1. The van der Waals surface area contributed by atoms with Crippen molar-refractivity contribution in [2.24, 2.45) is 0 Å². The molecule has 0 fully saturated rings. The van der Waals surface area contributed by atoms with Crippen LogP contribution in [0, 0.1) is 0 Å². The van der Waals surface area contributed by atoms with Crippen LogP contribution in [0.4, 0.5) is 10.6 Å². The second kappa shape index (κ2) is 9.61. The fraction of sp³-hybridized carbons (Fsp3) is 0.304. The van der Waals surface area contributed by atoms with Gasteiger partial charge in [-0.3, -0.25) is 4.98 Å². The molecule has 0 aliphatic rings. The molecule has 0 saturated heterocycles. The van der Waals surface area contributed by atoms with Crippen molar-refractivity contribution in [3.05, 3.63) is 48.5 Å². The smallest absolute Gasteiger partial charge is 0.152 e. The predicted octanol–water partition coefficient (Wildman–Crippen LogP) is 2.48. The van der Waals surface area contributed by atoms with Crippen molar-refractivity contribution in [2.45, 2.75) is 32.9 Å². The van der Waals surface area contributed by atoms with E-state index >= 15 is 0 Å². The van der Waals surface area contributed by atoms with E-state index in [-0.39, 0.29) is 0 Å². The number of pyridine rings is 2. The Hall–Kier alpha value is -3.72. The standard InChI is InChI=1S/C23H26N6O3/c1-2-32-14-19-28-20-21(29(19)11-4-3-10-26-23(30)31)17-8-7-15(12-18(17)27-22(20)24)16-6-5-9-25-13-16/h5-9,12-13,26H,2-4,10-11,14H2,1H3,(H2,24,27)(H,30,31)/p-1. The number of fused-ring (bicyclic) bond motifs is 3. The van der Waals surface area contributed by atoms with E-state index in [1.165, 1.54) is 0 Å². The van der Waals surface area contributed by atoms with Crippen LogP contribution in [0.5, 0.6) is 0 Å². The minimum Gasteiger partial charge on any atom is -0.530 e. The molecule has 1 aromatic carbocycles. The van der Waals surface area contributed by atoms with E-state index in [9.17, 15) is 9.90 Å². The Morgan fingerprint density at radius 1 is 1.22 bits per heavy atom. The van der Waals surface area contributed by atoms with Crippen LogP contribution in [0.25, 0.3) is 33.1 Å². The van der Waals surface area contributed by atoms with Gasteiger partial charge in [0.05, 0.1) is 11.0 Å². The molecule has 3 N–H and O–H groups in total. The van der Waals surface area contributed by atoms with E-state index in [1.807, 2.05) is 43.5 Å². The molecule has 3 heterocycles. The molecular weight excluding hydrogens is 408 g/mol. The van der Waals surface area contributed by atoms with Gasteiger partial charge in [0, 0.05) is 43.0 Å². The maximum atomic E-state index is 10.6. The summed E-state index contributed by atoms with van der Waals surface area (Å²) in [6, 6.07) is 9.98. The molecule has 0 radical (unpaired) electrons. The Kier molecular flexibility index (Phi) is 6.46. The first-order valence-corrected chi connectivity index (χ1v) is 10.6. The maximum Gasteiger partial charge on any atom is 0.152 e. The van der Waals surface area contributed by atoms with Crippen molar-refractivity contribution < 1.29 is 14.6 Å². The molecule has 0 atom stereocenters. The highest BCUT2D eigenvalue weighted by Crippen LogP contribution is 2.32. The summed E-state index contributed by atoms with van der Waals surface area (Å²) in [7, 11) is 0. The number of aryl methyl sites for hydroxylation is 1. The highest BCUT2D eigenvalue weighted by Gasteiger charge is 2.18. The first kappa shape index (κ1) is 21.5. The third-order valence-electron chi connectivity index (χ3n) is 5.29. The van der Waals surface area contributed by atoms with Gasteiger partial charge in [-0.05, 0) is 37.5 Å². The Morgan fingerprint density at radius 2 is 2.09 bits per heavy atom. The number of hydrogen-bond acceptors (Lipinski definition) is 7. The lowest BCUT2D eigenvalue weighted by Crippen LogP contribution is -2.36. The number of rotatable bonds is 9. The van der Waals surface area contributed by atoms with Crippen LogP contribution in [0.1, 0.15) is 25.6 Å². The molecule has 32 heavy (non-hydrogen) atoms. The lowest BCUT2D eigenvalue weighted by molar-refractivity contribution is -0.250. The largest absolute Gasteiger partial charge is 0.530 e. The van der Waals surface area contributed by atoms with Crippen LogP contribution in [0.15, 0.2) is 42.7 Å². The maximum absolute atomic E-state index is 10.6. The van der Waals surface area contributed by atoms with Crippen molar-refractivity contribution in [1.29, 1.82) is 0 Å². The molecule has 0 saturated carbocycles. The number of carbonyl (C=O) groups is 1. The van der Waals surface area contributed by atoms with Crippen molar-refractivity contribution in [3.8, 4) is 11.1 Å². The molecule has 0 bridgehead atoms. The molecular formula is C23H25N6O3-. The fourth-order valence-corrected chi connectivity index (χ4v) is 3.80. The summed E-state index contributed by atoms with van der Waals surface area (Å²) in [6.45, 7) is 3.86. The third kappa shape index (κ3) is 4.47. The molecule has 166 valence electrons. The summed E-state index contributed by atoms with van der Waals surface area (Å²) in [5.74, 6) is 1.14. The summed E-state index contributed by atoms with van der Waals surface area (Å²) in [5.41, 5.74) is 10.6. The number of amides is 1. The average Bonchev–Trinajstić information content (AvgIpc) is 3.16. The average molecular weight is 433 g/mol. The van der Waals surface area contributed by atoms with Crippen LogP contribution in [0.2, 0.25) is 0 Å². The van der Waals surface area contributed by atoms with Gasteiger partial charge in [-0.2, -0.15) is 0 Å².